The predicted octanol–water partition coefficient (Wildman–Crippen LogP) is 1.74. The minimum absolute atomic E-state index is 0. The van der Waals surface area contributed by atoms with Crippen molar-refractivity contribution in [3.05, 3.63) is 23.7 Å². The maximum absolute atomic E-state index is 11.1. The zero-order valence-corrected chi connectivity index (χ0v) is 17.7. The first-order valence-corrected chi connectivity index (χ1v) is 8.63. The van der Waals surface area contributed by atoms with E-state index in [-0.39, 0.29) is 29.7 Å². The molecule has 2 rings (SSSR count). The maximum atomic E-state index is 11.1. The van der Waals surface area contributed by atoms with Gasteiger partial charge in [-0.25, -0.2) is 0 Å². The lowest BCUT2D eigenvalue weighted by molar-refractivity contribution is 0.0972. The molecule has 8 heteroatoms. The summed E-state index contributed by atoms with van der Waals surface area (Å²) in [5.41, 5.74) is 5.20. The second-order valence-corrected chi connectivity index (χ2v) is 6.12. The number of amides is 1. The van der Waals surface area contributed by atoms with Crippen molar-refractivity contribution in [2.24, 2.45) is 16.6 Å². The van der Waals surface area contributed by atoms with E-state index in [1.807, 2.05) is 0 Å². The van der Waals surface area contributed by atoms with E-state index in [1.54, 1.807) is 19.2 Å². The van der Waals surface area contributed by atoms with Crippen LogP contribution in [-0.2, 0) is 6.54 Å². The summed E-state index contributed by atoms with van der Waals surface area (Å²) in [5, 5.41) is 3.30. The predicted molar refractivity (Wildman–Crippen MR) is 110 cm³/mol. The van der Waals surface area contributed by atoms with Crippen molar-refractivity contribution in [1.82, 2.24) is 15.1 Å². The van der Waals surface area contributed by atoms with E-state index in [0.717, 1.165) is 38.7 Å². The van der Waals surface area contributed by atoms with Gasteiger partial charge in [0.2, 0.25) is 0 Å². The summed E-state index contributed by atoms with van der Waals surface area (Å²) in [5.74, 6) is 1.85. The smallest absolute Gasteiger partial charge is 0.284 e. The average molecular weight is 463 g/mol. The summed E-state index contributed by atoms with van der Waals surface area (Å²) in [6, 6.07) is 3.35. The highest BCUT2D eigenvalue weighted by Gasteiger charge is 2.26. The van der Waals surface area contributed by atoms with Crippen molar-refractivity contribution in [2.75, 3.05) is 39.8 Å². The third-order valence-electron chi connectivity index (χ3n) is 4.53. The lowest BCUT2D eigenvalue weighted by atomic mass is 10.1. The number of aliphatic imine (C=N–C) groups is 1. The molecule has 1 aromatic rings. The maximum Gasteiger partial charge on any atom is 0.284 e. The number of carbonyl (C=O) groups is 1. The van der Waals surface area contributed by atoms with Crippen molar-refractivity contribution in [1.29, 1.82) is 0 Å². The van der Waals surface area contributed by atoms with Gasteiger partial charge < -0.3 is 25.3 Å². The number of guanidine groups is 1. The van der Waals surface area contributed by atoms with Gasteiger partial charge >= 0.3 is 0 Å². The molecule has 2 heterocycles. The quantitative estimate of drug-likeness (QED) is 0.366. The van der Waals surface area contributed by atoms with E-state index >= 15 is 0 Å². The molecule has 0 aromatic carbocycles. The number of primary amides is 1. The van der Waals surface area contributed by atoms with Gasteiger partial charge in [-0.1, -0.05) is 13.8 Å². The normalized spacial score (nSPS) is 17.7. The third kappa shape index (κ3) is 6.18. The summed E-state index contributed by atoms with van der Waals surface area (Å²) in [6.07, 6.45) is 1.18. The number of hydrogen-bond donors (Lipinski definition) is 2. The van der Waals surface area contributed by atoms with Crippen LogP contribution in [0.25, 0.3) is 0 Å². The molecule has 7 nitrogen and oxygen atoms in total. The summed E-state index contributed by atoms with van der Waals surface area (Å²) in [4.78, 5) is 20.2. The van der Waals surface area contributed by atoms with Gasteiger partial charge in [0.1, 0.15) is 5.76 Å². The fourth-order valence-electron chi connectivity index (χ4n) is 3.12. The van der Waals surface area contributed by atoms with Crippen molar-refractivity contribution in [3.63, 3.8) is 0 Å². The molecule has 1 aromatic heterocycles. The molecule has 1 unspecified atom stereocenters. The van der Waals surface area contributed by atoms with E-state index in [1.165, 1.54) is 6.42 Å². The SMILES string of the molecule is CCN(CC)CC1CCN(C(=NC)NCc2ccc(C(N)=O)o2)C1.I. The fraction of sp³-hybridized carbons (Fsp3) is 0.647. The number of rotatable bonds is 7. The Bertz CT molecular complexity index is 571. The second kappa shape index (κ2) is 10.6. The number of hydrogen-bond acceptors (Lipinski definition) is 4. The highest BCUT2D eigenvalue weighted by molar-refractivity contribution is 14.0. The Kier molecular flexibility index (Phi) is 9.26. The molecule has 0 spiro atoms. The van der Waals surface area contributed by atoms with E-state index < -0.39 is 5.91 Å². The molecule has 1 atom stereocenters. The average Bonchev–Trinajstić information content (AvgIpc) is 3.23. The first kappa shape index (κ1) is 21.8. The van der Waals surface area contributed by atoms with Crippen LogP contribution in [0.5, 0.6) is 0 Å². The van der Waals surface area contributed by atoms with Gasteiger partial charge in [0.25, 0.3) is 5.91 Å². The molecule has 142 valence electrons. The Morgan fingerprint density at radius 2 is 2.16 bits per heavy atom. The van der Waals surface area contributed by atoms with Crippen LogP contribution in [0.4, 0.5) is 0 Å². The molecular weight excluding hydrogens is 433 g/mol. The van der Waals surface area contributed by atoms with E-state index in [0.29, 0.717) is 18.2 Å². The monoisotopic (exact) mass is 463 g/mol. The zero-order valence-electron chi connectivity index (χ0n) is 15.3. The van der Waals surface area contributed by atoms with Crippen LogP contribution >= 0.6 is 24.0 Å². The number of nitrogens with one attached hydrogen (secondary N) is 1. The Labute approximate surface area is 167 Å². The highest BCUT2D eigenvalue weighted by atomic mass is 127. The summed E-state index contributed by atoms with van der Waals surface area (Å²) < 4.78 is 5.39. The fourth-order valence-corrected chi connectivity index (χ4v) is 3.12. The van der Waals surface area contributed by atoms with Crippen LogP contribution in [0.3, 0.4) is 0 Å². The number of halogens is 1. The Morgan fingerprint density at radius 3 is 2.72 bits per heavy atom. The topological polar surface area (TPSA) is 87.1 Å². The molecule has 1 aliphatic rings. The summed E-state index contributed by atoms with van der Waals surface area (Å²) in [7, 11) is 1.79. The second-order valence-electron chi connectivity index (χ2n) is 6.12. The molecule has 25 heavy (non-hydrogen) atoms. The Hall–Kier alpha value is -1.29. The Balaban J connectivity index is 0.00000312. The van der Waals surface area contributed by atoms with Gasteiger partial charge in [0.15, 0.2) is 11.7 Å². The number of furan rings is 1. The van der Waals surface area contributed by atoms with Gasteiger partial charge in [-0.3, -0.25) is 9.79 Å². The minimum Gasteiger partial charge on any atom is -0.454 e. The largest absolute Gasteiger partial charge is 0.454 e. The van der Waals surface area contributed by atoms with Gasteiger partial charge in [-0.05, 0) is 37.6 Å². The molecule has 1 aliphatic heterocycles. The lowest BCUT2D eigenvalue weighted by Crippen LogP contribution is -2.40. The standard InChI is InChI=1S/C17H29N5O2.HI/c1-4-21(5-2)11-13-8-9-22(12-13)17(19-3)20-10-14-6-7-15(24-14)16(18)23;/h6-7,13H,4-5,8-12H2,1-3H3,(H2,18,23)(H,19,20);1H. The molecule has 0 radical (unpaired) electrons. The van der Waals surface area contributed by atoms with Crippen molar-refractivity contribution < 1.29 is 9.21 Å². The number of likely N-dealkylation sites (tertiary alicyclic amines) is 1. The van der Waals surface area contributed by atoms with Crippen LogP contribution in [0.15, 0.2) is 21.5 Å². The zero-order chi connectivity index (χ0) is 17.5. The highest BCUT2D eigenvalue weighted by Crippen LogP contribution is 2.18. The van der Waals surface area contributed by atoms with Gasteiger partial charge in [-0.2, -0.15) is 0 Å². The van der Waals surface area contributed by atoms with Crippen LogP contribution in [-0.4, -0.2) is 61.4 Å². The molecule has 1 fully saturated rings. The van der Waals surface area contributed by atoms with Crippen molar-refractivity contribution in [2.45, 2.75) is 26.8 Å². The molecule has 0 bridgehead atoms. The minimum atomic E-state index is -0.551. The first-order valence-electron chi connectivity index (χ1n) is 8.63. The first-order chi connectivity index (χ1) is 11.6. The number of nitrogens with two attached hydrogens (primary N) is 1. The van der Waals surface area contributed by atoms with Crippen LogP contribution in [0.2, 0.25) is 0 Å². The third-order valence-corrected chi connectivity index (χ3v) is 4.53. The van der Waals surface area contributed by atoms with E-state index in [9.17, 15) is 4.79 Å². The van der Waals surface area contributed by atoms with Gasteiger partial charge in [0.05, 0.1) is 6.54 Å². The van der Waals surface area contributed by atoms with Crippen LogP contribution in [0.1, 0.15) is 36.6 Å². The summed E-state index contributed by atoms with van der Waals surface area (Å²) >= 11 is 0. The molecule has 0 aliphatic carbocycles. The van der Waals surface area contributed by atoms with Crippen LogP contribution < -0.4 is 11.1 Å². The molecule has 0 saturated carbocycles. The number of nitrogens with zero attached hydrogens (tertiary/aromatic N) is 3. The summed E-state index contributed by atoms with van der Waals surface area (Å²) in [6.45, 7) is 10.3. The van der Waals surface area contributed by atoms with E-state index in [2.05, 4.69) is 34.0 Å². The lowest BCUT2D eigenvalue weighted by Gasteiger charge is -2.24. The molecular formula is C17H30IN5O2. The Morgan fingerprint density at radius 1 is 1.44 bits per heavy atom. The van der Waals surface area contributed by atoms with Crippen molar-refractivity contribution in [3.8, 4) is 0 Å². The van der Waals surface area contributed by atoms with E-state index in [4.69, 9.17) is 10.2 Å². The molecule has 1 amide bonds. The van der Waals surface area contributed by atoms with Crippen molar-refractivity contribution >= 4 is 35.8 Å². The van der Waals surface area contributed by atoms with Gasteiger partial charge in [-0.15, -0.1) is 24.0 Å². The van der Waals surface area contributed by atoms with Crippen LogP contribution in [0, 0.1) is 5.92 Å². The number of carbonyl (C=O) groups excluding carboxylic acids is 1. The van der Waals surface area contributed by atoms with Gasteiger partial charge in [0, 0.05) is 26.7 Å². The molecule has 3 N–H and O–H groups in total. The molecule has 1 saturated heterocycles.